The van der Waals surface area contributed by atoms with E-state index < -0.39 is 24.0 Å². The molecule has 0 fully saturated rings. The monoisotopic (exact) mass is 380 g/mol. The van der Waals surface area contributed by atoms with Crippen molar-refractivity contribution in [2.24, 2.45) is 0 Å². The Morgan fingerprint density at radius 3 is 2.54 bits per heavy atom. The quantitative estimate of drug-likeness (QED) is 0.632. The summed E-state index contributed by atoms with van der Waals surface area (Å²) < 4.78 is 6.79. The number of nitrogens with zero attached hydrogens (tertiary/aromatic N) is 4. The van der Waals surface area contributed by atoms with Crippen LogP contribution in [0.15, 0.2) is 60.9 Å². The molecule has 0 spiro atoms. The number of hydrogen-bond acceptors (Lipinski definition) is 7. The van der Waals surface area contributed by atoms with Crippen molar-refractivity contribution in [1.29, 1.82) is 0 Å². The molecule has 2 aromatic carbocycles. The predicted octanol–water partition coefficient (Wildman–Crippen LogP) is 1.02. The molecular weight excluding hydrogens is 364 g/mol. The van der Waals surface area contributed by atoms with Crippen molar-refractivity contribution < 1.29 is 19.1 Å². The Kier molecular flexibility index (Phi) is 5.70. The smallest absolute Gasteiger partial charge is 0.339 e. The van der Waals surface area contributed by atoms with Crippen molar-refractivity contribution in [2.45, 2.75) is 6.10 Å². The standard InChI is InChI=1S/C18H16N6O4/c1-19-18(27)21-16(25)15(12-6-3-2-4-7-12)28-17(26)13-8-5-9-14(10-13)24-11-20-22-23-24/h2-11,15H,1H3,(H2,19,21,25,27). The maximum absolute atomic E-state index is 12.6. The Morgan fingerprint density at radius 2 is 1.86 bits per heavy atom. The van der Waals surface area contributed by atoms with Crippen LogP contribution in [0.2, 0.25) is 0 Å². The third kappa shape index (κ3) is 4.36. The van der Waals surface area contributed by atoms with E-state index in [4.69, 9.17) is 4.74 Å². The zero-order valence-corrected chi connectivity index (χ0v) is 14.8. The molecule has 1 unspecified atom stereocenters. The van der Waals surface area contributed by atoms with Crippen LogP contribution in [-0.2, 0) is 9.53 Å². The number of imide groups is 1. The van der Waals surface area contributed by atoms with E-state index in [2.05, 4.69) is 26.2 Å². The van der Waals surface area contributed by atoms with Crippen LogP contribution in [-0.4, -0.2) is 45.2 Å². The molecule has 3 rings (SSSR count). The van der Waals surface area contributed by atoms with E-state index in [0.29, 0.717) is 11.3 Å². The van der Waals surface area contributed by atoms with E-state index in [1.807, 2.05) is 0 Å². The lowest BCUT2D eigenvalue weighted by Crippen LogP contribution is -2.41. The number of hydrogen-bond donors (Lipinski definition) is 2. The number of benzene rings is 2. The van der Waals surface area contributed by atoms with Crippen molar-refractivity contribution in [3.63, 3.8) is 0 Å². The summed E-state index contributed by atoms with van der Waals surface area (Å²) in [5, 5.41) is 15.3. The second-order valence-electron chi connectivity index (χ2n) is 5.57. The number of carbonyl (C=O) groups is 3. The van der Waals surface area contributed by atoms with Gasteiger partial charge in [0.05, 0.1) is 11.3 Å². The lowest BCUT2D eigenvalue weighted by Gasteiger charge is -2.17. The first-order valence-corrected chi connectivity index (χ1v) is 8.20. The minimum Gasteiger partial charge on any atom is -0.444 e. The Bertz CT molecular complexity index is 975. The van der Waals surface area contributed by atoms with Gasteiger partial charge in [-0.25, -0.2) is 14.3 Å². The third-order valence-electron chi connectivity index (χ3n) is 3.72. The lowest BCUT2D eigenvalue weighted by atomic mass is 10.1. The number of esters is 1. The van der Waals surface area contributed by atoms with Crippen LogP contribution in [0.3, 0.4) is 0 Å². The van der Waals surface area contributed by atoms with Crippen LogP contribution >= 0.6 is 0 Å². The molecule has 0 bridgehead atoms. The van der Waals surface area contributed by atoms with Gasteiger partial charge in [0, 0.05) is 12.6 Å². The fraction of sp³-hybridized carbons (Fsp3) is 0.111. The van der Waals surface area contributed by atoms with Crippen LogP contribution in [0, 0.1) is 0 Å². The highest BCUT2D eigenvalue weighted by Crippen LogP contribution is 2.20. The summed E-state index contributed by atoms with van der Waals surface area (Å²) in [6.07, 6.45) is 0.0799. The zero-order valence-electron chi connectivity index (χ0n) is 14.8. The number of nitrogens with one attached hydrogen (secondary N) is 2. The lowest BCUT2D eigenvalue weighted by molar-refractivity contribution is -0.129. The van der Waals surface area contributed by atoms with Gasteiger partial charge in [0.2, 0.25) is 6.10 Å². The normalized spacial score (nSPS) is 11.3. The van der Waals surface area contributed by atoms with Crippen LogP contribution in [0.1, 0.15) is 22.0 Å². The molecule has 0 aliphatic carbocycles. The number of carbonyl (C=O) groups excluding carboxylic acids is 3. The first kappa shape index (κ1) is 18.7. The fourth-order valence-corrected chi connectivity index (χ4v) is 2.37. The highest BCUT2D eigenvalue weighted by atomic mass is 16.5. The average Bonchev–Trinajstić information content (AvgIpc) is 3.27. The molecule has 0 aliphatic rings. The average molecular weight is 380 g/mol. The van der Waals surface area contributed by atoms with E-state index in [-0.39, 0.29) is 5.56 Å². The minimum absolute atomic E-state index is 0.196. The van der Waals surface area contributed by atoms with Gasteiger partial charge in [-0.1, -0.05) is 36.4 Å². The zero-order chi connectivity index (χ0) is 19.9. The van der Waals surface area contributed by atoms with Gasteiger partial charge in [0.1, 0.15) is 6.33 Å². The Morgan fingerprint density at radius 1 is 1.07 bits per heavy atom. The van der Waals surface area contributed by atoms with Gasteiger partial charge in [-0.15, -0.1) is 5.10 Å². The SMILES string of the molecule is CNC(=O)NC(=O)C(OC(=O)c1cccc(-n2cnnn2)c1)c1ccccc1. The molecule has 142 valence electrons. The molecule has 10 nitrogen and oxygen atoms in total. The summed E-state index contributed by atoms with van der Waals surface area (Å²) in [5.74, 6) is -1.51. The Balaban J connectivity index is 1.84. The summed E-state index contributed by atoms with van der Waals surface area (Å²) in [6, 6.07) is 14.1. The summed E-state index contributed by atoms with van der Waals surface area (Å²) in [5.41, 5.74) is 1.17. The summed E-state index contributed by atoms with van der Waals surface area (Å²) in [7, 11) is 1.37. The van der Waals surface area contributed by atoms with Crippen LogP contribution in [0.25, 0.3) is 5.69 Å². The van der Waals surface area contributed by atoms with Crippen LogP contribution < -0.4 is 10.6 Å². The molecule has 1 atom stereocenters. The topological polar surface area (TPSA) is 128 Å². The first-order chi connectivity index (χ1) is 13.6. The van der Waals surface area contributed by atoms with Crippen molar-refractivity contribution in [3.8, 4) is 5.69 Å². The number of rotatable bonds is 5. The second-order valence-corrected chi connectivity index (χ2v) is 5.57. The molecule has 28 heavy (non-hydrogen) atoms. The molecule has 0 saturated carbocycles. The van der Waals surface area contributed by atoms with Crippen molar-refractivity contribution in [2.75, 3.05) is 7.05 Å². The molecule has 0 radical (unpaired) electrons. The third-order valence-corrected chi connectivity index (χ3v) is 3.72. The van der Waals surface area contributed by atoms with E-state index >= 15 is 0 Å². The molecule has 3 amide bonds. The summed E-state index contributed by atoms with van der Waals surface area (Å²) >= 11 is 0. The number of tetrazole rings is 1. The van der Waals surface area contributed by atoms with Gasteiger partial charge in [-0.3, -0.25) is 10.1 Å². The van der Waals surface area contributed by atoms with Gasteiger partial charge >= 0.3 is 12.0 Å². The maximum atomic E-state index is 12.6. The second kappa shape index (κ2) is 8.54. The van der Waals surface area contributed by atoms with Gasteiger partial charge < -0.3 is 10.1 Å². The first-order valence-electron chi connectivity index (χ1n) is 8.20. The molecule has 2 N–H and O–H groups in total. The van der Waals surface area contributed by atoms with E-state index in [1.54, 1.807) is 42.5 Å². The van der Waals surface area contributed by atoms with Crippen LogP contribution in [0.4, 0.5) is 4.79 Å². The number of ether oxygens (including phenoxy) is 1. The molecule has 0 saturated heterocycles. The molecule has 10 heteroatoms. The molecule has 3 aromatic rings. The van der Waals surface area contributed by atoms with Gasteiger partial charge in [-0.2, -0.15) is 0 Å². The number of urea groups is 1. The largest absolute Gasteiger partial charge is 0.444 e. The highest BCUT2D eigenvalue weighted by molar-refractivity contribution is 5.99. The molecular formula is C18H16N6O4. The highest BCUT2D eigenvalue weighted by Gasteiger charge is 2.27. The van der Waals surface area contributed by atoms with E-state index in [0.717, 1.165) is 0 Å². The number of aromatic nitrogens is 4. The van der Waals surface area contributed by atoms with Gasteiger partial charge in [0.25, 0.3) is 5.91 Å². The van der Waals surface area contributed by atoms with E-state index in [9.17, 15) is 14.4 Å². The molecule has 1 aromatic heterocycles. The maximum Gasteiger partial charge on any atom is 0.339 e. The Labute approximate surface area is 159 Å². The molecule has 0 aliphatic heterocycles. The van der Waals surface area contributed by atoms with Gasteiger partial charge in [-0.05, 0) is 28.6 Å². The minimum atomic E-state index is -1.30. The summed E-state index contributed by atoms with van der Waals surface area (Å²) in [6.45, 7) is 0. The van der Waals surface area contributed by atoms with Gasteiger partial charge in [0.15, 0.2) is 0 Å². The van der Waals surface area contributed by atoms with Crippen molar-refractivity contribution in [3.05, 3.63) is 72.1 Å². The Hall–Kier alpha value is -4.08. The van der Waals surface area contributed by atoms with Crippen molar-refractivity contribution in [1.82, 2.24) is 30.8 Å². The summed E-state index contributed by atoms with van der Waals surface area (Å²) in [4.78, 5) is 36.6. The predicted molar refractivity (Wildman–Crippen MR) is 96.4 cm³/mol. The fourth-order valence-electron chi connectivity index (χ4n) is 2.37. The molecule has 1 heterocycles. The number of amides is 3. The van der Waals surface area contributed by atoms with E-state index in [1.165, 1.54) is 30.2 Å². The van der Waals surface area contributed by atoms with Crippen LogP contribution in [0.5, 0.6) is 0 Å². The van der Waals surface area contributed by atoms with Crippen molar-refractivity contribution >= 4 is 17.9 Å².